The molecular weight excluding hydrogens is 261 g/mol. The number of nitriles is 1. The fraction of sp³-hybridized carbons (Fsp3) is 0.333. The fourth-order valence-corrected chi connectivity index (χ4v) is 1.33. The van der Waals surface area contributed by atoms with Gasteiger partial charge in [0.15, 0.2) is 5.75 Å². The van der Waals surface area contributed by atoms with Crippen LogP contribution in [0.2, 0.25) is 0 Å². The van der Waals surface area contributed by atoms with Crippen LogP contribution in [0.15, 0.2) is 11.0 Å². The molecule has 1 aromatic heterocycles. The smallest absolute Gasteiger partial charge is 0.400 e. The lowest BCUT2D eigenvalue weighted by Crippen LogP contribution is -2.25. The van der Waals surface area contributed by atoms with Crippen molar-refractivity contribution in [2.75, 3.05) is 0 Å². The third-order valence-electron chi connectivity index (χ3n) is 1.81. The molecule has 0 radical (unpaired) electrons. The van der Waals surface area contributed by atoms with Gasteiger partial charge in [0.05, 0.1) is 24.1 Å². The standard InChI is InChI=1S/C9H6ClF3N2O2/c10-3-6-8(17-9(11,12)13)7(16)5(1-2-14)4-15-6/h4H,1,3H2,(H,15,16). The molecule has 1 heterocycles. The highest BCUT2D eigenvalue weighted by atomic mass is 35.5. The Labute approximate surface area is 98.6 Å². The second-order valence-corrected chi connectivity index (χ2v) is 3.23. The van der Waals surface area contributed by atoms with Gasteiger partial charge in [0.25, 0.3) is 0 Å². The Bertz CT molecular complexity index is 504. The van der Waals surface area contributed by atoms with Crippen LogP contribution in [0.25, 0.3) is 0 Å². The van der Waals surface area contributed by atoms with Crippen LogP contribution in [0, 0.1) is 11.3 Å². The molecule has 0 spiro atoms. The molecule has 0 atom stereocenters. The van der Waals surface area contributed by atoms with Crippen LogP contribution < -0.4 is 10.2 Å². The first kappa shape index (κ1) is 13.4. The first-order valence-corrected chi connectivity index (χ1v) is 4.84. The zero-order chi connectivity index (χ0) is 13.1. The molecule has 0 fully saturated rings. The predicted molar refractivity (Wildman–Crippen MR) is 52.6 cm³/mol. The Hall–Kier alpha value is -1.68. The molecule has 1 N–H and O–H groups in total. The number of pyridine rings is 1. The number of H-pyrrole nitrogens is 1. The average Bonchev–Trinajstić information content (AvgIpc) is 2.23. The Morgan fingerprint density at radius 3 is 2.65 bits per heavy atom. The molecule has 0 aliphatic heterocycles. The number of aromatic amines is 1. The van der Waals surface area contributed by atoms with Gasteiger partial charge in [-0.25, -0.2) is 0 Å². The molecule has 0 aliphatic carbocycles. The Morgan fingerprint density at radius 2 is 2.18 bits per heavy atom. The second-order valence-electron chi connectivity index (χ2n) is 2.97. The Kier molecular flexibility index (Phi) is 4.02. The van der Waals surface area contributed by atoms with Gasteiger partial charge in [0.2, 0.25) is 5.43 Å². The molecule has 0 aromatic carbocycles. The topological polar surface area (TPSA) is 65.9 Å². The highest BCUT2D eigenvalue weighted by molar-refractivity contribution is 6.17. The second kappa shape index (κ2) is 5.10. The summed E-state index contributed by atoms with van der Waals surface area (Å²) >= 11 is 5.38. The van der Waals surface area contributed by atoms with Gasteiger partial charge in [-0.3, -0.25) is 4.79 Å². The van der Waals surface area contributed by atoms with Crippen LogP contribution in [0.5, 0.6) is 5.75 Å². The van der Waals surface area contributed by atoms with Crippen LogP contribution in [-0.4, -0.2) is 11.3 Å². The summed E-state index contributed by atoms with van der Waals surface area (Å²) in [5.41, 5.74) is -1.28. The molecule has 0 bridgehead atoms. The normalized spacial score (nSPS) is 11.0. The lowest BCUT2D eigenvalue weighted by Gasteiger charge is -2.11. The molecule has 0 unspecified atom stereocenters. The maximum absolute atomic E-state index is 12.1. The molecule has 1 aromatic rings. The summed E-state index contributed by atoms with van der Waals surface area (Å²) in [4.78, 5) is 14.0. The number of nitrogens with zero attached hydrogens (tertiary/aromatic N) is 1. The molecule has 0 saturated carbocycles. The summed E-state index contributed by atoms with van der Waals surface area (Å²) in [5.74, 6) is -1.26. The van der Waals surface area contributed by atoms with E-state index < -0.39 is 17.5 Å². The molecular formula is C9H6ClF3N2O2. The van der Waals surface area contributed by atoms with E-state index in [1.165, 1.54) is 0 Å². The number of halogens is 4. The number of hydrogen-bond donors (Lipinski definition) is 1. The SMILES string of the molecule is N#CCc1c[nH]c(CCl)c(OC(F)(F)F)c1=O. The van der Waals surface area contributed by atoms with Crippen molar-refractivity contribution in [2.45, 2.75) is 18.7 Å². The van der Waals surface area contributed by atoms with Gasteiger partial charge in [-0.2, -0.15) is 5.26 Å². The molecule has 8 heteroatoms. The molecule has 17 heavy (non-hydrogen) atoms. The quantitative estimate of drug-likeness (QED) is 0.852. The Morgan fingerprint density at radius 1 is 1.53 bits per heavy atom. The lowest BCUT2D eigenvalue weighted by atomic mass is 10.2. The third-order valence-corrected chi connectivity index (χ3v) is 2.08. The fourth-order valence-electron chi connectivity index (χ4n) is 1.13. The van der Waals surface area contributed by atoms with E-state index in [0.29, 0.717) is 0 Å². The summed E-state index contributed by atoms with van der Waals surface area (Å²) < 4.78 is 39.8. The zero-order valence-electron chi connectivity index (χ0n) is 8.27. The summed E-state index contributed by atoms with van der Waals surface area (Å²) in [7, 11) is 0. The number of aromatic nitrogens is 1. The van der Waals surface area contributed by atoms with E-state index in [1.807, 2.05) is 0 Å². The molecule has 92 valence electrons. The zero-order valence-corrected chi connectivity index (χ0v) is 9.02. The maximum Gasteiger partial charge on any atom is 0.573 e. The van der Waals surface area contributed by atoms with Crippen LogP contribution in [0.1, 0.15) is 11.3 Å². The van der Waals surface area contributed by atoms with Crippen molar-refractivity contribution in [2.24, 2.45) is 0 Å². The highest BCUT2D eigenvalue weighted by Crippen LogP contribution is 2.23. The van der Waals surface area contributed by atoms with E-state index in [4.69, 9.17) is 16.9 Å². The van der Waals surface area contributed by atoms with Crippen molar-refractivity contribution < 1.29 is 17.9 Å². The summed E-state index contributed by atoms with van der Waals surface area (Å²) in [6.07, 6.45) is -4.16. The number of alkyl halides is 4. The van der Waals surface area contributed by atoms with Crippen molar-refractivity contribution in [3.05, 3.63) is 27.7 Å². The predicted octanol–water partition coefficient (Wildman–Crippen LogP) is 2.08. The van der Waals surface area contributed by atoms with Gasteiger partial charge >= 0.3 is 6.36 Å². The monoisotopic (exact) mass is 266 g/mol. The van der Waals surface area contributed by atoms with Crippen LogP contribution >= 0.6 is 11.6 Å². The average molecular weight is 267 g/mol. The van der Waals surface area contributed by atoms with E-state index in [9.17, 15) is 18.0 Å². The highest BCUT2D eigenvalue weighted by Gasteiger charge is 2.33. The first-order chi connectivity index (χ1) is 7.89. The van der Waals surface area contributed by atoms with Crippen molar-refractivity contribution in [1.29, 1.82) is 5.26 Å². The first-order valence-electron chi connectivity index (χ1n) is 4.31. The van der Waals surface area contributed by atoms with E-state index in [2.05, 4.69) is 9.72 Å². The number of rotatable bonds is 3. The molecule has 0 aliphatic rings. The van der Waals surface area contributed by atoms with Crippen molar-refractivity contribution in [3.8, 4) is 11.8 Å². The van der Waals surface area contributed by atoms with E-state index >= 15 is 0 Å². The van der Waals surface area contributed by atoms with Gasteiger partial charge in [0, 0.05) is 11.8 Å². The summed E-state index contributed by atoms with van der Waals surface area (Å²) in [6.45, 7) is 0. The largest absolute Gasteiger partial charge is 0.573 e. The summed E-state index contributed by atoms with van der Waals surface area (Å²) in [5, 5.41) is 8.40. The lowest BCUT2D eigenvalue weighted by molar-refractivity contribution is -0.275. The third kappa shape index (κ3) is 3.39. The van der Waals surface area contributed by atoms with Gasteiger partial charge in [-0.1, -0.05) is 0 Å². The number of hydrogen-bond acceptors (Lipinski definition) is 3. The molecule has 4 nitrogen and oxygen atoms in total. The van der Waals surface area contributed by atoms with E-state index in [1.54, 1.807) is 6.07 Å². The van der Waals surface area contributed by atoms with E-state index in [0.717, 1.165) is 6.20 Å². The van der Waals surface area contributed by atoms with Crippen LogP contribution in [0.3, 0.4) is 0 Å². The minimum atomic E-state index is -4.99. The van der Waals surface area contributed by atoms with Gasteiger partial charge in [0.1, 0.15) is 0 Å². The maximum atomic E-state index is 12.1. The van der Waals surface area contributed by atoms with Crippen LogP contribution in [-0.2, 0) is 12.3 Å². The van der Waals surface area contributed by atoms with Crippen molar-refractivity contribution >= 4 is 11.6 Å². The van der Waals surface area contributed by atoms with Gasteiger partial charge in [-0.15, -0.1) is 24.8 Å². The summed E-state index contributed by atoms with van der Waals surface area (Å²) in [6, 6.07) is 1.66. The van der Waals surface area contributed by atoms with Crippen LogP contribution in [0.4, 0.5) is 13.2 Å². The minimum Gasteiger partial charge on any atom is -0.400 e. The van der Waals surface area contributed by atoms with Gasteiger partial charge < -0.3 is 9.72 Å². The molecule has 0 saturated heterocycles. The van der Waals surface area contributed by atoms with E-state index in [-0.39, 0.29) is 23.6 Å². The van der Waals surface area contributed by atoms with Crippen molar-refractivity contribution in [1.82, 2.24) is 4.98 Å². The number of nitrogens with one attached hydrogen (secondary N) is 1. The minimum absolute atomic E-state index is 0.111. The molecule has 1 rings (SSSR count). The van der Waals surface area contributed by atoms with Gasteiger partial charge in [-0.05, 0) is 0 Å². The molecule has 0 amide bonds. The number of ether oxygens (including phenoxy) is 1. The van der Waals surface area contributed by atoms with Crippen molar-refractivity contribution in [3.63, 3.8) is 0 Å². The Balaban J connectivity index is 3.29.